The molecule has 3 N–H and O–H groups in total. The minimum atomic E-state index is -1.05. The standard InChI is InChI=1S/C29H36O5S/c1-2-3-4-5-6-7-8-9-10-11-12-16-26(35-25-19-17-22(18-20-25)28(31)32)27(30)23-14-13-15-24(21-23)29(33)34/h10-21,26-27,30H,2-9H2,1H3,(H,31,32)(H,33,34)/b11-10-,16-12+/t26-,27+/m1/s1. The first kappa shape index (κ1) is 28.4. The van der Waals surface area contributed by atoms with Crippen molar-refractivity contribution in [2.24, 2.45) is 0 Å². The van der Waals surface area contributed by atoms with Gasteiger partial charge in [0.1, 0.15) is 0 Å². The first-order valence-electron chi connectivity index (χ1n) is 12.3. The first-order valence-corrected chi connectivity index (χ1v) is 13.1. The maximum Gasteiger partial charge on any atom is 0.335 e. The number of allylic oxidation sites excluding steroid dienone is 3. The van der Waals surface area contributed by atoms with Gasteiger partial charge in [0.15, 0.2) is 0 Å². The number of thioether (sulfide) groups is 1. The summed E-state index contributed by atoms with van der Waals surface area (Å²) in [6, 6.07) is 12.8. The van der Waals surface area contributed by atoms with Crippen molar-refractivity contribution in [2.75, 3.05) is 0 Å². The Bertz CT molecular complexity index is 981. The summed E-state index contributed by atoms with van der Waals surface area (Å²) >= 11 is 1.40. The lowest BCUT2D eigenvalue weighted by Gasteiger charge is -2.20. The van der Waals surface area contributed by atoms with Gasteiger partial charge >= 0.3 is 11.9 Å². The second-order valence-electron chi connectivity index (χ2n) is 8.51. The largest absolute Gasteiger partial charge is 0.478 e. The summed E-state index contributed by atoms with van der Waals surface area (Å²) < 4.78 is 0. The molecule has 0 fully saturated rings. The highest BCUT2D eigenvalue weighted by atomic mass is 32.2. The molecule has 2 rings (SSSR count). The van der Waals surface area contributed by atoms with Gasteiger partial charge in [0.25, 0.3) is 0 Å². The van der Waals surface area contributed by atoms with Crippen LogP contribution in [0, 0.1) is 0 Å². The molecule has 2 aromatic carbocycles. The molecule has 0 saturated carbocycles. The number of hydrogen-bond acceptors (Lipinski definition) is 4. The summed E-state index contributed by atoms with van der Waals surface area (Å²) in [6.45, 7) is 2.22. The number of rotatable bonds is 16. The van der Waals surface area contributed by atoms with Gasteiger partial charge in [0, 0.05) is 4.90 Å². The van der Waals surface area contributed by atoms with E-state index in [2.05, 4.69) is 13.0 Å². The predicted molar refractivity (Wildman–Crippen MR) is 142 cm³/mol. The van der Waals surface area contributed by atoms with E-state index < -0.39 is 23.3 Å². The van der Waals surface area contributed by atoms with Crippen LogP contribution in [0.15, 0.2) is 77.7 Å². The van der Waals surface area contributed by atoms with Gasteiger partial charge in [-0.3, -0.25) is 0 Å². The topological polar surface area (TPSA) is 94.8 Å². The van der Waals surface area contributed by atoms with E-state index in [1.807, 2.05) is 18.2 Å². The molecule has 0 aromatic heterocycles. The Balaban J connectivity index is 2.03. The molecular weight excluding hydrogens is 460 g/mol. The Labute approximate surface area is 212 Å². The molecule has 0 aliphatic carbocycles. The molecule has 35 heavy (non-hydrogen) atoms. The summed E-state index contributed by atoms with van der Waals surface area (Å²) in [7, 11) is 0. The zero-order valence-electron chi connectivity index (χ0n) is 20.3. The third-order valence-electron chi connectivity index (χ3n) is 5.68. The molecule has 0 unspecified atom stereocenters. The van der Waals surface area contributed by atoms with Crippen LogP contribution in [0.25, 0.3) is 0 Å². The highest BCUT2D eigenvalue weighted by molar-refractivity contribution is 8.00. The van der Waals surface area contributed by atoms with Gasteiger partial charge in [-0.2, -0.15) is 0 Å². The summed E-state index contributed by atoms with van der Waals surface area (Å²) in [5.41, 5.74) is 0.834. The van der Waals surface area contributed by atoms with Crippen LogP contribution in [0.4, 0.5) is 0 Å². The number of aromatic carboxylic acids is 2. The Morgan fingerprint density at radius 1 is 0.857 bits per heavy atom. The molecule has 0 bridgehead atoms. The fraction of sp³-hybridized carbons (Fsp3) is 0.379. The summed E-state index contributed by atoms with van der Waals surface area (Å²) in [4.78, 5) is 23.3. The van der Waals surface area contributed by atoms with Crippen LogP contribution in [-0.2, 0) is 0 Å². The van der Waals surface area contributed by atoms with Gasteiger partial charge < -0.3 is 15.3 Å². The van der Waals surface area contributed by atoms with Crippen LogP contribution in [-0.4, -0.2) is 32.5 Å². The summed E-state index contributed by atoms with van der Waals surface area (Å²) in [5.74, 6) is -2.04. The number of benzene rings is 2. The van der Waals surface area contributed by atoms with Crippen molar-refractivity contribution < 1.29 is 24.9 Å². The van der Waals surface area contributed by atoms with Gasteiger partial charge in [-0.15, -0.1) is 11.8 Å². The molecule has 5 nitrogen and oxygen atoms in total. The van der Waals surface area contributed by atoms with Crippen molar-refractivity contribution in [3.8, 4) is 0 Å². The molecular formula is C29H36O5S. The van der Waals surface area contributed by atoms with Crippen LogP contribution in [0.1, 0.15) is 90.7 Å². The lowest BCUT2D eigenvalue weighted by atomic mass is 10.0. The van der Waals surface area contributed by atoms with Crippen LogP contribution >= 0.6 is 11.8 Å². The van der Waals surface area contributed by atoms with Crippen LogP contribution in [0.2, 0.25) is 0 Å². The third-order valence-corrected chi connectivity index (χ3v) is 6.91. The van der Waals surface area contributed by atoms with Gasteiger partial charge in [-0.1, -0.05) is 81.9 Å². The number of carbonyl (C=O) groups is 2. The molecule has 0 aliphatic heterocycles. The van der Waals surface area contributed by atoms with Gasteiger partial charge in [-0.05, 0) is 54.8 Å². The molecule has 0 radical (unpaired) electrons. The summed E-state index contributed by atoms with van der Waals surface area (Å²) in [6.07, 6.45) is 16.9. The van der Waals surface area contributed by atoms with Crippen molar-refractivity contribution in [3.05, 3.63) is 89.5 Å². The SMILES string of the molecule is CCCCCCCCC/C=C\C=C\[C@@H](Sc1ccc(C(=O)O)cc1)[C@@H](O)c1cccc(C(=O)O)c1. The fourth-order valence-corrected chi connectivity index (χ4v) is 4.72. The smallest absolute Gasteiger partial charge is 0.335 e. The van der Waals surface area contributed by atoms with Gasteiger partial charge in [-0.25, -0.2) is 9.59 Å². The lowest BCUT2D eigenvalue weighted by Crippen LogP contribution is -2.13. The Hall–Kier alpha value is -2.83. The molecule has 2 aromatic rings. The molecule has 0 amide bonds. The molecule has 188 valence electrons. The number of carboxylic acids is 2. The quantitative estimate of drug-likeness (QED) is 0.126. The van der Waals surface area contributed by atoms with E-state index in [1.165, 1.54) is 74.6 Å². The third kappa shape index (κ3) is 10.5. The molecule has 2 atom stereocenters. The zero-order chi connectivity index (χ0) is 25.5. The molecule has 6 heteroatoms. The fourth-order valence-electron chi connectivity index (χ4n) is 3.66. The predicted octanol–water partition coefficient (Wildman–Crippen LogP) is 7.53. The van der Waals surface area contributed by atoms with Crippen LogP contribution < -0.4 is 0 Å². The molecule has 0 saturated heterocycles. The van der Waals surface area contributed by atoms with Gasteiger partial charge in [0.2, 0.25) is 0 Å². The lowest BCUT2D eigenvalue weighted by molar-refractivity contribution is 0.0685. The number of aliphatic hydroxyl groups excluding tert-OH is 1. The maximum atomic E-state index is 11.4. The average Bonchev–Trinajstić information content (AvgIpc) is 2.86. The number of carboxylic acid groups (broad SMARTS) is 2. The van der Waals surface area contributed by atoms with E-state index in [-0.39, 0.29) is 11.1 Å². The van der Waals surface area contributed by atoms with Crippen LogP contribution in [0.3, 0.4) is 0 Å². The highest BCUT2D eigenvalue weighted by Gasteiger charge is 2.21. The van der Waals surface area contributed by atoms with Crippen molar-refractivity contribution >= 4 is 23.7 Å². The van der Waals surface area contributed by atoms with Crippen molar-refractivity contribution in [3.63, 3.8) is 0 Å². The number of unbranched alkanes of at least 4 members (excludes halogenated alkanes) is 7. The van der Waals surface area contributed by atoms with E-state index in [0.29, 0.717) is 5.56 Å². The van der Waals surface area contributed by atoms with E-state index in [4.69, 9.17) is 5.11 Å². The van der Waals surface area contributed by atoms with Gasteiger partial charge in [0.05, 0.1) is 22.5 Å². The Morgan fingerprint density at radius 3 is 2.17 bits per heavy atom. The Morgan fingerprint density at radius 2 is 1.51 bits per heavy atom. The second-order valence-corrected chi connectivity index (χ2v) is 9.76. The van der Waals surface area contributed by atoms with E-state index in [9.17, 15) is 19.8 Å². The zero-order valence-corrected chi connectivity index (χ0v) is 21.1. The Kier molecular flexibility index (Phi) is 12.9. The maximum absolute atomic E-state index is 11.4. The monoisotopic (exact) mass is 496 g/mol. The molecule has 0 spiro atoms. The number of hydrogen-bond donors (Lipinski definition) is 3. The second kappa shape index (κ2) is 16.0. The van der Waals surface area contributed by atoms with Crippen LogP contribution in [0.5, 0.6) is 0 Å². The van der Waals surface area contributed by atoms with Crippen molar-refractivity contribution in [1.82, 2.24) is 0 Å². The van der Waals surface area contributed by atoms with E-state index in [1.54, 1.807) is 24.3 Å². The highest BCUT2D eigenvalue weighted by Crippen LogP contribution is 2.34. The minimum Gasteiger partial charge on any atom is -0.478 e. The van der Waals surface area contributed by atoms with E-state index >= 15 is 0 Å². The normalized spacial score (nSPS) is 13.3. The van der Waals surface area contributed by atoms with Crippen molar-refractivity contribution in [2.45, 2.75) is 74.5 Å². The van der Waals surface area contributed by atoms with Crippen molar-refractivity contribution in [1.29, 1.82) is 0 Å². The number of aliphatic hydroxyl groups is 1. The molecule has 0 aliphatic rings. The average molecular weight is 497 g/mol. The minimum absolute atomic E-state index is 0.120. The first-order chi connectivity index (χ1) is 16.9. The van der Waals surface area contributed by atoms with E-state index in [0.717, 1.165) is 17.7 Å². The molecule has 0 heterocycles. The summed E-state index contributed by atoms with van der Waals surface area (Å²) in [5, 5.41) is 29.1.